The first kappa shape index (κ1) is 19.3. The third kappa shape index (κ3) is 4.20. The molecule has 0 atom stereocenters. The monoisotopic (exact) mass is 415 g/mol. The van der Waals surface area contributed by atoms with Crippen LogP contribution >= 0.6 is 11.6 Å². The van der Waals surface area contributed by atoms with Crippen molar-refractivity contribution >= 4 is 32.5 Å². The molecule has 2 heterocycles. The van der Waals surface area contributed by atoms with Crippen molar-refractivity contribution in [2.24, 2.45) is 0 Å². The Morgan fingerprint density at radius 1 is 0.929 bits per heavy atom. The van der Waals surface area contributed by atoms with Crippen LogP contribution in [0.1, 0.15) is 11.1 Å². The van der Waals surface area contributed by atoms with E-state index in [2.05, 4.69) is 9.88 Å². The van der Waals surface area contributed by atoms with Gasteiger partial charge in [-0.25, -0.2) is 8.42 Å². The number of benzene rings is 2. The maximum atomic E-state index is 12.7. The van der Waals surface area contributed by atoms with E-state index < -0.39 is 10.0 Å². The molecule has 28 heavy (non-hydrogen) atoms. The van der Waals surface area contributed by atoms with Gasteiger partial charge in [0.15, 0.2) is 0 Å². The molecule has 7 heteroatoms. The van der Waals surface area contributed by atoms with Gasteiger partial charge in [0.25, 0.3) is 0 Å². The van der Waals surface area contributed by atoms with E-state index in [4.69, 9.17) is 11.6 Å². The highest BCUT2D eigenvalue weighted by molar-refractivity contribution is 7.88. The van der Waals surface area contributed by atoms with Crippen molar-refractivity contribution in [2.75, 3.05) is 26.2 Å². The van der Waals surface area contributed by atoms with E-state index in [-0.39, 0.29) is 5.75 Å². The molecule has 1 aliphatic rings. The summed E-state index contributed by atoms with van der Waals surface area (Å²) in [7, 11) is -3.30. The predicted molar refractivity (Wildman–Crippen MR) is 113 cm³/mol. The summed E-state index contributed by atoms with van der Waals surface area (Å²) in [5.74, 6) is 0.0551. The largest absolute Gasteiger partial charge is 0.296 e. The molecular formula is C21H22ClN3O2S. The van der Waals surface area contributed by atoms with Crippen molar-refractivity contribution in [3.8, 4) is 0 Å². The van der Waals surface area contributed by atoms with Gasteiger partial charge in [0.2, 0.25) is 10.0 Å². The first-order chi connectivity index (χ1) is 13.5. The van der Waals surface area contributed by atoms with E-state index in [0.717, 1.165) is 28.6 Å². The van der Waals surface area contributed by atoms with Crippen LogP contribution in [0, 0.1) is 0 Å². The van der Waals surface area contributed by atoms with Gasteiger partial charge in [-0.05, 0) is 29.3 Å². The Kier molecular flexibility index (Phi) is 5.64. The smallest absolute Gasteiger partial charge is 0.218 e. The van der Waals surface area contributed by atoms with Crippen LogP contribution in [-0.4, -0.2) is 48.8 Å². The molecule has 0 saturated carbocycles. The number of aromatic nitrogens is 1. The molecule has 1 aromatic heterocycles. The molecule has 0 N–H and O–H groups in total. The van der Waals surface area contributed by atoms with Gasteiger partial charge in [0, 0.05) is 49.3 Å². The number of piperazine rings is 1. The number of hydrogen-bond acceptors (Lipinski definition) is 4. The lowest BCUT2D eigenvalue weighted by molar-refractivity contribution is 0.182. The number of rotatable bonds is 5. The van der Waals surface area contributed by atoms with E-state index in [9.17, 15) is 8.42 Å². The van der Waals surface area contributed by atoms with E-state index in [0.29, 0.717) is 31.2 Å². The summed E-state index contributed by atoms with van der Waals surface area (Å²) in [6.07, 6.45) is 1.77. The Labute approximate surface area is 170 Å². The first-order valence-corrected chi connectivity index (χ1v) is 11.3. The molecule has 0 spiro atoms. The molecule has 146 valence electrons. The van der Waals surface area contributed by atoms with Gasteiger partial charge in [-0.2, -0.15) is 4.31 Å². The molecule has 1 saturated heterocycles. The Bertz CT molecular complexity index is 1070. The maximum Gasteiger partial charge on any atom is 0.218 e. The van der Waals surface area contributed by atoms with E-state index in [1.54, 1.807) is 10.5 Å². The van der Waals surface area contributed by atoms with Crippen molar-refractivity contribution in [1.29, 1.82) is 0 Å². The Balaban J connectivity index is 1.42. The summed E-state index contributed by atoms with van der Waals surface area (Å²) in [5.41, 5.74) is 2.85. The second-order valence-corrected chi connectivity index (χ2v) is 9.40. The summed E-state index contributed by atoms with van der Waals surface area (Å²) in [6.45, 7) is 3.15. The van der Waals surface area contributed by atoms with Crippen molar-refractivity contribution in [2.45, 2.75) is 12.3 Å². The number of hydrogen-bond donors (Lipinski definition) is 0. The van der Waals surface area contributed by atoms with Crippen LogP contribution in [0.25, 0.3) is 10.9 Å². The molecule has 3 aromatic rings. The molecule has 4 rings (SSSR count). The lowest BCUT2D eigenvalue weighted by Crippen LogP contribution is -2.48. The molecule has 5 nitrogen and oxygen atoms in total. The lowest BCUT2D eigenvalue weighted by Gasteiger charge is -2.34. The lowest BCUT2D eigenvalue weighted by atomic mass is 10.1. The van der Waals surface area contributed by atoms with Crippen LogP contribution in [0.15, 0.2) is 60.8 Å². The number of pyridine rings is 1. The third-order valence-corrected chi connectivity index (χ3v) is 7.29. The minimum Gasteiger partial charge on any atom is -0.296 e. The number of sulfonamides is 1. The standard InChI is InChI=1S/C21H22ClN3O2S/c22-20-9-8-18(21-19(20)7-4-10-23-21)15-24-11-13-25(14-12-24)28(26,27)16-17-5-2-1-3-6-17/h1-10H,11-16H2. The van der Waals surface area contributed by atoms with Crippen molar-refractivity contribution in [3.05, 3.63) is 76.9 Å². The van der Waals surface area contributed by atoms with Gasteiger partial charge in [0.05, 0.1) is 11.3 Å². The van der Waals surface area contributed by atoms with Crippen molar-refractivity contribution < 1.29 is 8.42 Å². The normalized spacial score (nSPS) is 16.5. The van der Waals surface area contributed by atoms with E-state index in [1.807, 2.05) is 54.6 Å². The topological polar surface area (TPSA) is 53.5 Å². The van der Waals surface area contributed by atoms with Gasteiger partial charge in [-0.1, -0.05) is 48.0 Å². The SMILES string of the molecule is O=S(=O)(Cc1ccccc1)N1CCN(Cc2ccc(Cl)c3cccnc23)CC1. The van der Waals surface area contributed by atoms with Gasteiger partial charge in [-0.3, -0.25) is 9.88 Å². The molecule has 1 fully saturated rings. The zero-order chi connectivity index (χ0) is 19.6. The quantitative estimate of drug-likeness (QED) is 0.639. The minimum absolute atomic E-state index is 0.0551. The van der Waals surface area contributed by atoms with Crippen LogP contribution in [0.4, 0.5) is 0 Å². The van der Waals surface area contributed by atoms with E-state index in [1.165, 1.54) is 0 Å². The third-order valence-electron chi connectivity index (χ3n) is 5.11. The Hall–Kier alpha value is -1.99. The van der Waals surface area contributed by atoms with Crippen LogP contribution < -0.4 is 0 Å². The average Bonchev–Trinajstić information content (AvgIpc) is 2.71. The highest BCUT2D eigenvalue weighted by Crippen LogP contribution is 2.26. The average molecular weight is 416 g/mol. The van der Waals surface area contributed by atoms with Crippen LogP contribution in [0.2, 0.25) is 5.02 Å². The minimum atomic E-state index is -3.30. The predicted octanol–water partition coefficient (Wildman–Crippen LogP) is 3.54. The Morgan fingerprint density at radius 3 is 2.43 bits per heavy atom. The Morgan fingerprint density at radius 2 is 1.68 bits per heavy atom. The summed E-state index contributed by atoms with van der Waals surface area (Å²) in [6, 6.07) is 17.1. The molecule has 0 aliphatic carbocycles. The molecular weight excluding hydrogens is 394 g/mol. The summed E-state index contributed by atoms with van der Waals surface area (Å²) < 4.78 is 27.0. The fraction of sp³-hybridized carbons (Fsp3) is 0.286. The number of nitrogens with zero attached hydrogens (tertiary/aromatic N) is 3. The summed E-state index contributed by atoms with van der Waals surface area (Å²) in [5, 5.41) is 1.65. The van der Waals surface area contributed by atoms with Crippen LogP contribution in [0.3, 0.4) is 0 Å². The summed E-state index contributed by atoms with van der Waals surface area (Å²) >= 11 is 6.28. The number of fused-ring (bicyclic) bond motifs is 1. The zero-order valence-corrected chi connectivity index (χ0v) is 17.0. The van der Waals surface area contributed by atoms with Gasteiger partial charge >= 0.3 is 0 Å². The molecule has 0 unspecified atom stereocenters. The number of halogens is 1. The summed E-state index contributed by atoms with van der Waals surface area (Å²) in [4.78, 5) is 6.76. The molecule has 1 aliphatic heterocycles. The fourth-order valence-corrected chi connectivity index (χ4v) is 5.34. The second-order valence-electron chi connectivity index (χ2n) is 7.02. The molecule has 0 amide bonds. The van der Waals surface area contributed by atoms with Crippen LogP contribution in [-0.2, 0) is 22.3 Å². The van der Waals surface area contributed by atoms with Gasteiger partial charge < -0.3 is 0 Å². The van der Waals surface area contributed by atoms with Crippen molar-refractivity contribution in [1.82, 2.24) is 14.2 Å². The van der Waals surface area contributed by atoms with Gasteiger partial charge in [0.1, 0.15) is 0 Å². The van der Waals surface area contributed by atoms with Crippen molar-refractivity contribution in [3.63, 3.8) is 0 Å². The first-order valence-electron chi connectivity index (χ1n) is 9.29. The van der Waals surface area contributed by atoms with E-state index >= 15 is 0 Å². The zero-order valence-electron chi connectivity index (χ0n) is 15.5. The molecule has 2 aromatic carbocycles. The van der Waals surface area contributed by atoms with Crippen LogP contribution in [0.5, 0.6) is 0 Å². The fourth-order valence-electron chi connectivity index (χ4n) is 3.61. The van der Waals surface area contributed by atoms with Gasteiger partial charge in [-0.15, -0.1) is 0 Å². The molecule has 0 bridgehead atoms. The second kappa shape index (κ2) is 8.17. The highest BCUT2D eigenvalue weighted by atomic mass is 35.5. The molecule has 0 radical (unpaired) electrons. The maximum absolute atomic E-state index is 12.7. The highest BCUT2D eigenvalue weighted by Gasteiger charge is 2.27.